The summed E-state index contributed by atoms with van der Waals surface area (Å²) in [6.07, 6.45) is 4.18. The van der Waals surface area contributed by atoms with E-state index in [0.29, 0.717) is 25.8 Å². The van der Waals surface area contributed by atoms with Gasteiger partial charge in [-0.2, -0.15) is 0 Å². The van der Waals surface area contributed by atoms with Crippen LogP contribution in [0.3, 0.4) is 0 Å². The smallest absolute Gasteiger partial charge is 0.252 e. The van der Waals surface area contributed by atoms with E-state index in [0.717, 1.165) is 12.3 Å². The number of rotatable bonds is 6. The fourth-order valence-electron chi connectivity index (χ4n) is 1.32. The summed E-state index contributed by atoms with van der Waals surface area (Å²) in [4.78, 5) is 15.1. The van der Waals surface area contributed by atoms with E-state index in [4.69, 9.17) is 10.9 Å². The minimum absolute atomic E-state index is 0.163. The number of oxime groups is 1. The summed E-state index contributed by atoms with van der Waals surface area (Å²) >= 11 is 0. The molecule has 0 aromatic carbocycles. The minimum Gasteiger partial charge on any atom is -0.409 e. The first-order chi connectivity index (χ1) is 8.63. The number of aromatic nitrogens is 1. The fraction of sp³-hybridized carbons (Fsp3) is 0.364. The van der Waals surface area contributed by atoms with Gasteiger partial charge in [0.25, 0.3) is 5.91 Å². The lowest BCUT2D eigenvalue weighted by molar-refractivity contribution is 0.0952. The van der Waals surface area contributed by atoms with Crippen LogP contribution in [0.25, 0.3) is 0 Å². The van der Waals surface area contributed by atoms with Gasteiger partial charge in [-0.25, -0.2) is 4.39 Å². The van der Waals surface area contributed by atoms with E-state index in [2.05, 4.69) is 15.5 Å². The van der Waals surface area contributed by atoms with Crippen LogP contribution in [0.2, 0.25) is 0 Å². The van der Waals surface area contributed by atoms with Gasteiger partial charge in [0.2, 0.25) is 0 Å². The summed E-state index contributed by atoms with van der Waals surface area (Å²) in [5.41, 5.74) is 5.47. The maximum atomic E-state index is 12.8. The molecule has 18 heavy (non-hydrogen) atoms. The van der Waals surface area contributed by atoms with E-state index in [9.17, 15) is 9.18 Å². The quantitative estimate of drug-likeness (QED) is 0.230. The van der Waals surface area contributed by atoms with Crippen molar-refractivity contribution in [1.82, 2.24) is 10.3 Å². The number of halogens is 1. The number of amidine groups is 1. The lowest BCUT2D eigenvalue weighted by Crippen LogP contribution is -2.25. The minimum atomic E-state index is -0.547. The third kappa shape index (κ3) is 4.77. The Morgan fingerprint density at radius 3 is 2.94 bits per heavy atom. The number of hydrogen-bond donors (Lipinski definition) is 3. The molecular weight excluding hydrogens is 239 g/mol. The Morgan fingerprint density at radius 2 is 2.28 bits per heavy atom. The van der Waals surface area contributed by atoms with Gasteiger partial charge in [0.05, 0.1) is 11.8 Å². The highest BCUT2D eigenvalue weighted by Gasteiger charge is 2.06. The Hall–Kier alpha value is -2.18. The van der Waals surface area contributed by atoms with Crippen molar-refractivity contribution in [3.05, 3.63) is 29.8 Å². The van der Waals surface area contributed by atoms with Gasteiger partial charge >= 0.3 is 0 Å². The van der Waals surface area contributed by atoms with Crippen molar-refractivity contribution < 1.29 is 14.4 Å². The van der Waals surface area contributed by atoms with Crippen molar-refractivity contribution in [1.29, 1.82) is 0 Å². The maximum absolute atomic E-state index is 12.8. The van der Waals surface area contributed by atoms with E-state index < -0.39 is 5.82 Å². The van der Waals surface area contributed by atoms with E-state index in [1.807, 2.05) is 0 Å². The normalized spacial score (nSPS) is 11.3. The van der Waals surface area contributed by atoms with Crippen molar-refractivity contribution in [2.45, 2.75) is 19.3 Å². The summed E-state index contributed by atoms with van der Waals surface area (Å²) < 4.78 is 12.8. The Kier molecular flexibility index (Phi) is 5.56. The van der Waals surface area contributed by atoms with Crippen LogP contribution in [0.1, 0.15) is 29.6 Å². The first-order valence-electron chi connectivity index (χ1n) is 5.48. The predicted molar refractivity (Wildman–Crippen MR) is 63.8 cm³/mol. The number of unbranched alkanes of at least 4 members (excludes halogenated alkanes) is 1. The van der Waals surface area contributed by atoms with Crippen LogP contribution in [0.15, 0.2) is 23.6 Å². The maximum Gasteiger partial charge on any atom is 0.252 e. The molecular formula is C11H15FN4O2. The highest BCUT2D eigenvalue weighted by atomic mass is 19.1. The summed E-state index contributed by atoms with van der Waals surface area (Å²) in [7, 11) is 0. The lowest BCUT2D eigenvalue weighted by Gasteiger charge is -2.04. The molecule has 7 heteroatoms. The van der Waals surface area contributed by atoms with E-state index in [-0.39, 0.29) is 17.3 Å². The van der Waals surface area contributed by atoms with Gasteiger partial charge in [-0.3, -0.25) is 9.78 Å². The van der Waals surface area contributed by atoms with Gasteiger partial charge in [0.15, 0.2) is 0 Å². The van der Waals surface area contributed by atoms with E-state index in [1.54, 1.807) is 0 Å². The molecule has 98 valence electrons. The topological polar surface area (TPSA) is 101 Å². The number of amides is 1. The Labute approximate surface area is 104 Å². The van der Waals surface area contributed by atoms with Gasteiger partial charge in [-0.1, -0.05) is 5.16 Å². The van der Waals surface area contributed by atoms with Crippen molar-refractivity contribution in [2.75, 3.05) is 6.54 Å². The molecule has 0 bridgehead atoms. The standard InChI is InChI=1S/C11H15FN4O2/c12-9-5-8(6-14-7-9)11(17)15-4-2-1-3-10(13)16-18/h5-7,18H,1-4H2,(H2,13,16)(H,15,17). The van der Waals surface area contributed by atoms with Gasteiger partial charge in [0, 0.05) is 19.2 Å². The summed E-state index contributed by atoms with van der Waals surface area (Å²) in [6, 6.07) is 1.12. The van der Waals surface area contributed by atoms with Gasteiger partial charge in [0.1, 0.15) is 11.7 Å². The summed E-state index contributed by atoms with van der Waals surface area (Å²) in [6.45, 7) is 0.439. The van der Waals surface area contributed by atoms with E-state index >= 15 is 0 Å². The molecule has 1 aromatic rings. The molecule has 4 N–H and O–H groups in total. The van der Waals surface area contributed by atoms with Gasteiger partial charge in [-0.15, -0.1) is 0 Å². The van der Waals surface area contributed by atoms with Crippen LogP contribution in [0.4, 0.5) is 4.39 Å². The Bertz CT molecular complexity index is 437. The van der Waals surface area contributed by atoms with Crippen LogP contribution in [0.5, 0.6) is 0 Å². The zero-order chi connectivity index (χ0) is 13.4. The number of carbonyl (C=O) groups is 1. The zero-order valence-corrected chi connectivity index (χ0v) is 9.77. The molecule has 0 aliphatic carbocycles. The second-order valence-corrected chi connectivity index (χ2v) is 3.70. The second-order valence-electron chi connectivity index (χ2n) is 3.70. The number of nitrogens with two attached hydrogens (primary N) is 1. The molecule has 0 aliphatic rings. The molecule has 0 saturated carbocycles. The number of pyridine rings is 1. The lowest BCUT2D eigenvalue weighted by atomic mass is 10.2. The number of carbonyl (C=O) groups excluding carboxylic acids is 1. The van der Waals surface area contributed by atoms with Crippen LogP contribution < -0.4 is 11.1 Å². The molecule has 0 saturated heterocycles. The highest BCUT2D eigenvalue weighted by molar-refractivity contribution is 5.93. The molecule has 0 atom stereocenters. The van der Waals surface area contributed by atoms with Gasteiger partial charge in [-0.05, 0) is 18.9 Å². The number of hydrogen-bond acceptors (Lipinski definition) is 4. The molecule has 0 radical (unpaired) electrons. The van der Waals surface area contributed by atoms with Crippen LogP contribution in [-0.4, -0.2) is 28.5 Å². The third-order valence-corrected chi connectivity index (χ3v) is 2.24. The first kappa shape index (κ1) is 13.9. The van der Waals surface area contributed by atoms with Crippen LogP contribution in [-0.2, 0) is 0 Å². The second kappa shape index (κ2) is 7.21. The molecule has 0 fully saturated rings. The molecule has 0 aliphatic heterocycles. The first-order valence-corrected chi connectivity index (χ1v) is 5.48. The Morgan fingerprint density at radius 1 is 1.50 bits per heavy atom. The zero-order valence-electron chi connectivity index (χ0n) is 9.77. The SMILES string of the molecule is N/C(CCCCNC(=O)c1cncc(F)c1)=N/O. The van der Waals surface area contributed by atoms with Crippen LogP contribution in [0, 0.1) is 5.82 Å². The average Bonchev–Trinajstić information content (AvgIpc) is 2.37. The third-order valence-electron chi connectivity index (χ3n) is 2.24. The Balaban J connectivity index is 2.26. The number of nitrogens with zero attached hydrogens (tertiary/aromatic N) is 2. The monoisotopic (exact) mass is 254 g/mol. The van der Waals surface area contributed by atoms with E-state index in [1.165, 1.54) is 6.20 Å². The van der Waals surface area contributed by atoms with Gasteiger partial charge < -0.3 is 16.3 Å². The van der Waals surface area contributed by atoms with Crippen LogP contribution >= 0.6 is 0 Å². The van der Waals surface area contributed by atoms with Crippen molar-refractivity contribution in [2.24, 2.45) is 10.9 Å². The highest BCUT2D eigenvalue weighted by Crippen LogP contribution is 2.01. The molecule has 0 unspecified atom stereocenters. The van der Waals surface area contributed by atoms with Crippen molar-refractivity contribution in [3.63, 3.8) is 0 Å². The molecule has 1 rings (SSSR count). The fourth-order valence-corrected chi connectivity index (χ4v) is 1.32. The summed E-state index contributed by atoms with van der Waals surface area (Å²) in [5, 5.41) is 13.8. The molecule has 0 spiro atoms. The average molecular weight is 254 g/mol. The molecule has 1 amide bonds. The molecule has 6 nitrogen and oxygen atoms in total. The summed E-state index contributed by atoms with van der Waals surface area (Å²) in [5.74, 6) is -0.754. The molecule has 1 aromatic heterocycles. The number of nitrogens with one attached hydrogen (secondary N) is 1. The van der Waals surface area contributed by atoms with Crippen molar-refractivity contribution >= 4 is 11.7 Å². The predicted octanol–water partition coefficient (Wildman–Crippen LogP) is 0.867. The largest absolute Gasteiger partial charge is 0.409 e. The van der Waals surface area contributed by atoms with Crippen molar-refractivity contribution in [3.8, 4) is 0 Å². The molecule has 1 heterocycles.